The van der Waals surface area contributed by atoms with Crippen LogP contribution in [0.4, 0.5) is 17.1 Å². The summed E-state index contributed by atoms with van der Waals surface area (Å²) in [6.45, 7) is 1.48. The molecule has 0 fully saturated rings. The van der Waals surface area contributed by atoms with E-state index in [9.17, 15) is 18.3 Å². The number of hydrogen-bond donors (Lipinski definition) is 1. The molecule has 1 aromatic carbocycles. The molecule has 0 aliphatic rings. The molecule has 8 heteroatoms. The van der Waals surface area contributed by atoms with Gasteiger partial charge in [-0.25, -0.2) is 8.42 Å². The van der Waals surface area contributed by atoms with E-state index in [4.69, 9.17) is 0 Å². The Hall–Kier alpha value is -1.80. The second-order valence-corrected chi connectivity index (χ2v) is 8.57. The molecule has 1 unspecified atom stereocenters. The van der Waals surface area contributed by atoms with Crippen molar-refractivity contribution in [2.75, 3.05) is 61.9 Å². The number of hydrogen-bond acceptors (Lipinski definition) is 6. The molecule has 1 aromatic rings. The summed E-state index contributed by atoms with van der Waals surface area (Å²) in [6.07, 6.45) is -0.0394. The SMILES string of the molecule is CC(=O)N(C)c1c(N(C)C)cc(C(O)CS(C)(=O)=O)cc1N(C)C. The quantitative estimate of drug-likeness (QED) is 0.814. The zero-order valence-electron chi connectivity index (χ0n) is 15.4. The van der Waals surface area contributed by atoms with Crippen molar-refractivity contribution >= 4 is 32.8 Å². The Bertz CT molecular complexity index is 685. The zero-order valence-corrected chi connectivity index (χ0v) is 16.2. The lowest BCUT2D eigenvalue weighted by Crippen LogP contribution is -2.28. The van der Waals surface area contributed by atoms with Crippen molar-refractivity contribution in [3.05, 3.63) is 17.7 Å². The first-order valence-corrected chi connectivity index (χ1v) is 9.54. The molecule has 0 radical (unpaired) electrons. The van der Waals surface area contributed by atoms with Crippen LogP contribution in [-0.4, -0.2) is 66.7 Å². The van der Waals surface area contributed by atoms with Gasteiger partial charge in [-0.2, -0.15) is 0 Å². The maximum Gasteiger partial charge on any atom is 0.223 e. The summed E-state index contributed by atoms with van der Waals surface area (Å²) in [5, 5.41) is 10.3. The minimum Gasteiger partial charge on any atom is -0.387 e. The van der Waals surface area contributed by atoms with Gasteiger partial charge < -0.3 is 19.8 Å². The van der Waals surface area contributed by atoms with E-state index in [1.807, 2.05) is 38.0 Å². The van der Waals surface area contributed by atoms with Gasteiger partial charge in [-0.1, -0.05) is 0 Å². The van der Waals surface area contributed by atoms with Gasteiger partial charge in [0.25, 0.3) is 0 Å². The first-order valence-electron chi connectivity index (χ1n) is 7.47. The van der Waals surface area contributed by atoms with E-state index in [1.54, 1.807) is 19.2 Å². The largest absolute Gasteiger partial charge is 0.387 e. The number of anilines is 3. The number of nitrogens with zero attached hydrogens (tertiary/aromatic N) is 3. The van der Waals surface area contributed by atoms with Gasteiger partial charge in [0, 0.05) is 48.4 Å². The summed E-state index contributed by atoms with van der Waals surface area (Å²) in [6, 6.07) is 3.44. The van der Waals surface area contributed by atoms with Gasteiger partial charge in [0.1, 0.15) is 9.84 Å². The Labute approximate surface area is 144 Å². The molecule has 0 spiro atoms. The van der Waals surface area contributed by atoms with Crippen LogP contribution in [0.3, 0.4) is 0 Å². The number of carbonyl (C=O) groups excluding carboxylic acids is 1. The van der Waals surface area contributed by atoms with Crippen LogP contribution in [0.15, 0.2) is 12.1 Å². The van der Waals surface area contributed by atoms with Crippen LogP contribution < -0.4 is 14.7 Å². The van der Waals surface area contributed by atoms with E-state index in [1.165, 1.54) is 11.8 Å². The summed E-state index contributed by atoms with van der Waals surface area (Å²) in [4.78, 5) is 17.1. The Balaban J connectivity index is 3.60. The molecule has 0 saturated heterocycles. The number of rotatable bonds is 6. The summed E-state index contributed by atoms with van der Waals surface area (Å²) >= 11 is 0. The Morgan fingerprint density at radius 2 is 1.50 bits per heavy atom. The molecule has 0 aliphatic heterocycles. The highest BCUT2D eigenvalue weighted by atomic mass is 32.2. The molecule has 0 heterocycles. The number of aliphatic hydroxyl groups is 1. The van der Waals surface area contributed by atoms with E-state index >= 15 is 0 Å². The molecular weight excluding hydrogens is 330 g/mol. The second-order valence-electron chi connectivity index (χ2n) is 6.38. The van der Waals surface area contributed by atoms with E-state index in [2.05, 4.69) is 0 Å². The number of amides is 1. The van der Waals surface area contributed by atoms with Crippen LogP contribution >= 0.6 is 0 Å². The standard InChI is InChI=1S/C16H27N3O4S/c1-11(20)19(6)16-13(17(2)3)8-12(9-14(16)18(4)5)15(21)10-24(7,22)23/h8-9,15,21H,10H2,1-7H3. The van der Waals surface area contributed by atoms with Gasteiger partial charge >= 0.3 is 0 Å². The van der Waals surface area contributed by atoms with Crippen LogP contribution in [0.25, 0.3) is 0 Å². The molecular formula is C16H27N3O4S. The average Bonchev–Trinajstić information content (AvgIpc) is 2.42. The van der Waals surface area contributed by atoms with Crippen LogP contribution in [0.1, 0.15) is 18.6 Å². The highest BCUT2D eigenvalue weighted by molar-refractivity contribution is 7.90. The summed E-state index contributed by atoms with van der Waals surface area (Å²) < 4.78 is 23.0. The smallest absolute Gasteiger partial charge is 0.223 e. The number of carbonyl (C=O) groups is 1. The molecule has 7 nitrogen and oxygen atoms in total. The summed E-state index contributed by atoms with van der Waals surface area (Å²) in [7, 11) is 5.69. The van der Waals surface area contributed by atoms with E-state index < -0.39 is 15.9 Å². The minimum atomic E-state index is -3.32. The summed E-state index contributed by atoms with van der Waals surface area (Å²) in [5.41, 5.74) is 2.64. The molecule has 0 aromatic heterocycles. The molecule has 0 aliphatic carbocycles. The van der Waals surface area contributed by atoms with Gasteiger partial charge in [0.2, 0.25) is 5.91 Å². The van der Waals surface area contributed by atoms with Gasteiger partial charge in [-0.05, 0) is 17.7 Å². The molecule has 1 rings (SSSR count). The van der Waals surface area contributed by atoms with Crippen molar-refractivity contribution in [2.45, 2.75) is 13.0 Å². The second kappa shape index (κ2) is 7.40. The van der Waals surface area contributed by atoms with Crippen LogP contribution in [0.5, 0.6) is 0 Å². The Morgan fingerprint density at radius 1 is 1.08 bits per heavy atom. The van der Waals surface area contributed by atoms with Crippen molar-refractivity contribution in [3.63, 3.8) is 0 Å². The topological polar surface area (TPSA) is 81.2 Å². The van der Waals surface area contributed by atoms with Gasteiger partial charge in [0.05, 0.1) is 28.9 Å². The third-order valence-electron chi connectivity index (χ3n) is 3.71. The average molecular weight is 357 g/mol. The predicted molar refractivity (Wildman–Crippen MR) is 98.9 cm³/mol. The Morgan fingerprint density at radius 3 is 1.79 bits per heavy atom. The molecule has 1 atom stereocenters. The van der Waals surface area contributed by atoms with Gasteiger partial charge in [-0.3, -0.25) is 4.79 Å². The van der Waals surface area contributed by atoms with Gasteiger partial charge in [0.15, 0.2) is 0 Å². The molecule has 1 N–H and O–H groups in total. The third kappa shape index (κ3) is 4.85. The maximum atomic E-state index is 11.9. The number of benzene rings is 1. The molecule has 136 valence electrons. The molecule has 24 heavy (non-hydrogen) atoms. The highest BCUT2D eigenvalue weighted by Gasteiger charge is 2.23. The maximum absolute atomic E-state index is 11.9. The number of aliphatic hydroxyl groups excluding tert-OH is 1. The van der Waals surface area contributed by atoms with E-state index in [0.29, 0.717) is 11.3 Å². The van der Waals surface area contributed by atoms with Crippen molar-refractivity contribution in [3.8, 4) is 0 Å². The first kappa shape index (κ1) is 20.2. The van der Waals surface area contributed by atoms with Crippen molar-refractivity contribution in [2.24, 2.45) is 0 Å². The van der Waals surface area contributed by atoms with Crippen molar-refractivity contribution < 1.29 is 18.3 Å². The third-order valence-corrected chi connectivity index (χ3v) is 4.63. The monoisotopic (exact) mass is 357 g/mol. The fourth-order valence-electron chi connectivity index (χ4n) is 2.38. The minimum absolute atomic E-state index is 0.120. The van der Waals surface area contributed by atoms with Crippen molar-refractivity contribution in [1.29, 1.82) is 0 Å². The first-order chi connectivity index (χ1) is 10.8. The van der Waals surface area contributed by atoms with Crippen LogP contribution in [0, 0.1) is 0 Å². The zero-order chi connectivity index (χ0) is 18.8. The van der Waals surface area contributed by atoms with Crippen LogP contribution in [0.2, 0.25) is 0 Å². The lowest BCUT2D eigenvalue weighted by molar-refractivity contribution is -0.116. The Kier molecular flexibility index (Phi) is 6.24. The lowest BCUT2D eigenvalue weighted by atomic mass is 10.0. The van der Waals surface area contributed by atoms with Gasteiger partial charge in [-0.15, -0.1) is 0 Å². The molecule has 1 amide bonds. The number of sulfone groups is 1. The fourth-order valence-corrected chi connectivity index (χ4v) is 3.15. The van der Waals surface area contributed by atoms with Crippen LogP contribution in [-0.2, 0) is 14.6 Å². The predicted octanol–water partition coefficient (Wildman–Crippen LogP) is 0.879. The fraction of sp³-hybridized carbons (Fsp3) is 0.562. The molecule has 0 saturated carbocycles. The summed E-state index contributed by atoms with van der Waals surface area (Å²) in [5.74, 6) is -0.472. The molecule has 0 bridgehead atoms. The highest BCUT2D eigenvalue weighted by Crippen LogP contribution is 2.40. The van der Waals surface area contributed by atoms with E-state index in [-0.39, 0.29) is 11.7 Å². The van der Waals surface area contributed by atoms with E-state index in [0.717, 1.165) is 17.6 Å². The lowest BCUT2D eigenvalue weighted by Gasteiger charge is -2.30. The normalized spacial score (nSPS) is 12.7. The van der Waals surface area contributed by atoms with Crippen molar-refractivity contribution in [1.82, 2.24) is 0 Å².